The average Bonchev–Trinajstić information content (AvgIpc) is 2.88. The fourth-order valence-corrected chi connectivity index (χ4v) is 5.02. The number of carbonyl (C=O) groups excluding carboxylic acids is 1. The van der Waals surface area contributed by atoms with Crippen molar-refractivity contribution in [3.8, 4) is 0 Å². The Morgan fingerprint density at radius 3 is 1.43 bits per heavy atom. The van der Waals surface area contributed by atoms with Crippen LogP contribution in [-0.4, -0.2) is 12.6 Å². The largest absolute Gasteiger partial charge is 0.466 e. The maximum absolute atomic E-state index is 11.9. The first kappa shape index (κ1) is 36.2. The molecule has 0 spiro atoms. The van der Waals surface area contributed by atoms with E-state index in [9.17, 15) is 4.79 Å². The summed E-state index contributed by atoms with van der Waals surface area (Å²) in [4.78, 5) is 11.9. The summed E-state index contributed by atoms with van der Waals surface area (Å²) in [6, 6.07) is 0. The van der Waals surface area contributed by atoms with Crippen molar-refractivity contribution in [2.45, 2.75) is 194 Å². The molecular weight excluding hydrogens is 452 g/mol. The molecule has 2 heteroatoms. The van der Waals surface area contributed by atoms with Crippen LogP contribution in [-0.2, 0) is 9.53 Å². The second-order valence-corrected chi connectivity index (χ2v) is 12.0. The Kier molecular flexibility index (Phi) is 30.8. The number of allylic oxidation sites excluding steroid dienone is 2. The molecule has 0 heterocycles. The van der Waals surface area contributed by atoms with Crippen molar-refractivity contribution in [1.82, 2.24) is 0 Å². The van der Waals surface area contributed by atoms with Gasteiger partial charge in [0.1, 0.15) is 0 Å². The van der Waals surface area contributed by atoms with Gasteiger partial charge in [-0.2, -0.15) is 0 Å². The molecular formula is C35H68O2. The first-order valence-electron chi connectivity index (χ1n) is 17.0. The van der Waals surface area contributed by atoms with Gasteiger partial charge in [0.05, 0.1) is 6.61 Å². The summed E-state index contributed by atoms with van der Waals surface area (Å²) in [7, 11) is 0. The molecule has 0 bridgehead atoms. The van der Waals surface area contributed by atoms with Gasteiger partial charge in [0.15, 0.2) is 0 Å². The van der Waals surface area contributed by atoms with E-state index >= 15 is 0 Å². The Hall–Kier alpha value is -0.790. The Morgan fingerprint density at radius 2 is 0.946 bits per heavy atom. The van der Waals surface area contributed by atoms with Gasteiger partial charge in [-0.1, -0.05) is 161 Å². The Bertz CT molecular complexity index is 468. The number of rotatable bonds is 30. The van der Waals surface area contributed by atoms with Crippen molar-refractivity contribution < 1.29 is 9.53 Å². The van der Waals surface area contributed by atoms with Crippen LogP contribution in [0.2, 0.25) is 0 Å². The molecule has 0 unspecified atom stereocenters. The van der Waals surface area contributed by atoms with Crippen molar-refractivity contribution >= 4 is 5.97 Å². The lowest BCUT2D eigenvalue weighted by Crippen LogP contribution is -2.05. The molecule has 0 rings (SSSR count). The van der Waals surface area contributed by atoms with Gasteiger partial charge in [0, 0.05) is 6.42 Å². The molecule has 0 saturated heterocycles. The molecule has 0 saturated carbocycles. The summed E-state index contributed by atoms with van der Waals surface area (Å²) < 4.78 is 5.43. The highest BCUT2D eigenvalue weighted by atomic mass is 16.5. The summed E-state index contributed by atoms with van der Waals surface area (Å²) in [5, 5.41) is 0. The standard InChI is InChI=1S/C35H68O2/c1-4-5-6-7-8-9-10-11-12-13-17-20-23-26-29-32-35(36)37-33-30-27-24-21-18-15-14-16-19-22-25-28-31-34(2)3/h11-12,34H,4-10,13-33H2,1-3H3/b12-11-. The smallest absolute Gasteiger partial charge is 0.305 e. The van der Waals surface area contributed by atoms with Gasteiger partial charge in [-0.25, -0.2) is 0 Å². The minimum atomic E-state index is 0.0156. The maximum Gasteiger partial charge on any atom is 0.305 e. The van der Waals surface area contributed by atoms with E-state index in [2.05, 4.69) is 32.9 Å². The SMILES string of the molecule is CCCCCCCC/C=C\CCCCCCCC(=O)OCCCCCCCCCCCCCCC(C)C. The summed E-state index contributed by atoms with van der Waals surface area (Å²) in [5.41, 5.74) is 0. The molecule has 0 aromatic carbocycles. The van der Waals surface area contributed by atoms with Gasteiger partial charge in [-0.3, -0.25) is 4.79 Å². The molecule has 0 fully saturated rings. The van der Waals surface area contributed by atoms with Crippen LogP contribution in [0.1, 0.15) is 194 Å². The normalized spacial score (nSPS) is 11.7. The zero-order valence-electron chi connectivity index (χ0n) is 25.8. The number of carbonyl (C=O) groups is 1. The number of hydrogen-bond donors (Lipinski definition) is 0. The quantitative estimate of drug-likeness (QED) is 0.0534. The van der Waals surface area contributed by atoms with Crippen LogP contribution in [0.5, 0.6) is 0 Å². The zero-order valence-corrected chi connectivity index (χ0v) is 25.8. The van der Waals surface area contributed by atoms with Crippen molar-refractivity contribution in [2.24, 2.45) is 5.92 Å². The fourth-order valence-electron chi connectivity index (χ4n) is 5.02. The number of hydrogen-bond acceptors (Lipinski definition) is 2. The molecule has 220 valence electrons. The molecule has 0 amide bonds. The number of ether oxygens (including phenoxy) is 1. The highest BCUT2D eigenvalue weighted by Gasteiger charge is 2.02. The van der Waals surface area contributed by atoms with Crippen LogP contribution in [0.25, 0.3) is 0 Å². The lowest BCUT2D eigenvalue weighted by atomic mass is 10.0. The van der Waals surface area contributed by atoms with Crippen LogP contribution in [0.3, 0.4) is 0 Å². The zero-order chi connectivity index (χ0) is 27.1. The van der Waals surface area contributed by atoms with E-state index in [0.29, 0.717) is 13.0 Å². The number of esters is 1. The van der Waals surface area contributed by atoms with Gasteiger partial charge in [-0.15, -0.1) is 0 Å². The van der Waals surface area contributed by atoms with E-state index in [1.54, 1.807) is 0 Å². The van der Waals surface area contributed by atoms with E-state index in [4.69, 9.17) is 4.74 Å². The molecule has 2 nitrogen and oxygen atoms in total. The Morgan fingerprint density at radius 1 is 0.541 bits per heavy atom. The molecule has 0 aromatic heterocycles. The minimum absolute atomic E-state index is 0.0156. The van der Waals surface area contributed by atoms with E-state index < -0.39 is 0 Å². The summed E-state index contributed by atoms with van der Waals surface area (Å²) in [5.74, 6) is 0.885. The van der Waals surface area contributed by atoms with Crippen LogP contribution in [0.15, 0.2) is 12.2 Å². The molecule has 0 radical (unpaired) electrons. The lowest BCUT2D eigenvalue weighted by molar-refractivity contribution is -0.143. The first-order chi connectivity index (χ1) is 18.2. The monoisotopic (exact) mass is 521 g/mol. The van der Waals surface area contributed by atoms with E-state index in [1.165, 1.54) is 148 Å². The Balaban J connectivity index is 3.20. The molecule has 0 atom stereocenters. The highest BCUT2D eigenvalue weighted by molar-refractivity contribution is 5.69. The van der Waals surface area contributed by atoms with Gasteiger partial charge < -0.3 is 4.74 Å². The molecule has 37 heavy (non-hydrogen) atoms. The Labute approximate surface area is 234 Å². The number of unbranched alkanes of at least 4 members (excludes halogenated alkanes) is 22. The minimum Gasteiger partial charge on any atom is -0.466 e. The predicted molar refractivity (Wildman–Crippen MR) is 165 cm³/mol. The molecule has 0 aliphatic rings. The molecule has 0 aliphatic heterocycles. The van der Waals surface area contributed by atoms with Crippen LogP contribution < -0.4 is 0 Å². The van der Waals surface area contributed by atoms with Crippen LogP contribution >= 0.6 is 0 Å². The van der Waals surface area contributed by atoms with Gasteiger partial charge in [-0.05, 0) is 44.4 Å². The summed E-state index contributed by atoms with van der Waals surface area (Å²) >= 11 is 0. The van der Waals surface area contributed by atoms with Crippen LogP contribution in [0, 0.1) is 5.92 Å². The molecule has 0 aromatic rings. The first-order valence-corrected chi connectivity index (χ1v) is 17.0. The van der Waals surface area contributed by atoms with Gasteiger partial charge in [0.2, 0.25) is 0 Å². The lowest BCUT2D eigenvalue weighted by Gasteiger charge is -2.06. The second-order valence-electron chi connectivity index (χ2n) is 12.0. The second kappa shape index (κ2) is 31.4. The predicted octanol–water partition coefficient (Wildman–Crippen LogP) is 12.3. The fraction of sp³-hybridized carbons (Fsp3) is 0.914. The van der Waals surface area contributed by atoms with E-state index in [0.717, 1.165) is 25.2 Å². The third kappa shape index (κ3) is 33.2. The van der Waals surface area contributed by atoms with Crippen molar-refractivity contribution in [1.29, 1.82) is 0 Å². The summed E-state index contributed by atoms with van der Waals surface area (Å²) in [6.45, 7) is 7.56. The third-order valence-electron chi connectivity index (χ3n) is 7.58. The average molecular weight is 521 g/mol. The maximum atomic E-state index is 11.9. The van der Waals surface area contributed by atoms with Crippen molar-refractivity contribution in [2.75, 3.05) is 6.61 Å². The van der Waals surface area contributed by atoms with Crippen LogP contribution in [0.4, 0.5) is 0 Å². The third-order valence-corrected chi connectivity index (χ3v) is 7.58. The van der Waals surface area contributed by atoms with Crippen molar-refractivity contribution in [3.63, 3.8) is 0 Å². The molecule has 0 N–H and O–H groups in total. The van der Waals surface area contributed by atoms with Crippen molar-refractivity contribution in [3.05, 3.63) is 12.2 Å². The van der Waals surface area contributed by atoms with E-state index in [-0.39, 0.29) is 5.97 Å². The summed E-state index contributed by atoms with van der Waals surface area (Å²) in [6.07, 6.45) is 39.7. The highest BCUT2D eigenvalue weighted by Crippen LogP contribution is 2.14. The topological polar surface area (TPSA) is 26.3 Å². The van der Waals surface area contributed by atoms with Gasteiger partial charge in [0.25, 0.3) is 0 Å². The van der Waals surface area contributed by atoms with E-state index in [1.807, 2.05) is 0 Å². The molecule has 0 aliphatic carbocycles. The van der Waals surface area contributed by atoms with Gasteiger partial charge >= 0.3 is 5.97 Å².